The highest BCUT2D eigenvalue weighted by Gasteiger charge is 2.70. The van der Waals surface area contributed by atoms with Gasteiger partial charge < -0.3 is 10.2 Å². The lowest BCUT2D eigenvalue weighted by Crippen LogP contribution is -2.60. The molecule has 7 unspecified atom stereocenters. The van der Waals surface area contributed by atoms with E-state index in [-0.39, 0.29) is 47.9 Å². The number of aliphatic hydroxyl groups excluding tert-OH is 1. The number of carboxylic acids is 1. The van der Waals surface area contributed by atoms with Crippen LogP contribution in [0, 0.1) is 39.4 Å². The van der Waals surface area contributed by atoms with Gasteiger partial charge in [-0.2, -0.15) is 0 Å². The van der Waals surface area contributed by atoms with Crippen molar-refractivity contribution in [3.05, 3.63) is 11.1 Å². The third-order valence-electron chi connectivity index (χ3n) is 10.6. The van der Waals surface area contributed by atoms with E-state index in [4.69, 9.17) is 5.11 Å². The lowest BCUT2D eigenvalue weighted by molar-refractivity contribution is -0.147. The van der Waals surface area contributed by atoms with Gasteiger partial charge in [0.25, 0.3) is 0 Å². The molecule has 0 amide bonds. The molecule has 182 valence electrons. The summed E-state index contributed by atoms with van der Waals surface area (Å²) in [7, 11) is 0. The average Bonchev–Trinajstić information content (AvgIpc) is 2.92. The van der Waals surface area contributed by atoms with Crippen LogP contribution in [0.5, 0.6) is 0 Å². The fourth-order valence-electron chi connectivity index (χ4n) is 8.47. The van der Waals surface area contributed by atoms with Crippen LogP contribution in [0.4, 0.5) is 0 Å². The van der Waals surface area contributed by atoms with Crippen LogP contribution < -0.4 is 0 Å². The Labute approximate surface area is 196 Å². The van der Waals surface area contributed by atoms with Crippen molar-refractivity contribution in [1.82, 2.24) is 0 Å². The Hall–Kier alpha value is -1.82. The molecule has 0 heterocycles. The van der Waals surface area contributed by atoms with Crippen molar-refractivity contribution in [1.29, 1.82) is 0 Å². The molecule has 0 saturated heterocycles. The second-order valence-electron chi connectivity index (χ2n) is 12.4. The smallest absolute Gasteiger partial charge is 0.303 e. The number of ketones is 3. The summed E-state index contributed by atoms with van der Waals surface area (Å²) in [5, 5.41) is 20.6. The van der Waals surface area contributed by atoms with E-state index in [0.29, 0.717) is 43.3 Å². The Bertz CT molecular complexity index is 975. The van der Waals surface area contributed by atoms with Gasteiger partial charge in [-0.1, -0.05) is 34.6 Å². The van der Waals surface area contributed by atoms with E-state index in [9.17, 15) is 24.3 Å². The monoisotopic (exact) mass is 458 g/mol. The Balaban J connectivity index is 1.85. The lowest BCUT2D eigenvalue weighted by atomic mass is 9.42. The summed E-state index contributed by atoms with van der Waals surface area (Å²) in [5.41, 5.74) is -1.59. The predicted octanol–water partition coefficient (Wildman–Crippen LogP) is 4.13. The Morgan fingerprint density at radius 2 is 1.73 bits per heavy atom. The molecule has 0 aromatic carbocycles. The predicted molar refractivity (Wildman–Crippen MR) is 122 cm³/mol. The summed E-state index contributed by atoms with van der Waals surface area (Å²) in [5.74, 6) is -0.948. The van der Waals surface area contributed by atoms with Crippen LogP contribution in [-0.2, 0) is 19.2 Å². The first kappa shape index (κ1) is 24.3. The maximum Gasteiger partial charge on any atom is 0.303 e. The zero-order chi connectivity index (χ0) is 24.7. The quantitative estimate of drug-likeness (QED) is 0.656. The van der Waals surface area contributed by atoms with Gasteiger partial charge in [0.2, 0.25) is 0 Å². The van der Waals surface area contributed by atoms with Crippen molar-refractivity contribution < 1.29 is 29.4 Å². The topological polar surface area (TPSA) is 109 Å². The number of carbonyl (C=O) groups is 4. The van der Waals surface area contributed by atoms with E-state index in [2.05, 4.69) is 6.92 Å². The van der Waals surface area contributed by atoms with Crippen LogP contribution in [0.3, 0.4) is 0 Å². The molecular formula is C27H38O6. The second-order valence-corrected chi connectivity index (χ2v) is 12.4. The summed E-state index contributed by atoms with van der Waals surface area (Å²) in [4.78, 5) is 51.5. The van der Waals surface area contributed by atoms with Crippen LogP contribution in [0.25, 0.3) is 0 Å². The maximum absolute atomic E-state index is 13.9. The highest BCUT2D eigenvalue weighted by Crippen LogP contribution is 2.70. The molecule has 0 aromatic heterocycles. The van der Waals surface area contributed by atoms with Gasteiger partial charge in [0.1, 0.15) is 11.6 Å². The second kappa shape index (κ2) is 7.34. The SMILES string of the molecule is CC(CCC(=O)O)C1CC(=O)C2(C)C3=C(C(=O)CC12C)C1(C)CCC(=O)C(C)(C)C1CC3O. The Morgan fingerprint density at radius 3 is 2.33 bits per heavy atom. The number of hydrogen-bond donors (Lipinski definition) is 2. The van der Waals surface area contributed by atoms with Crippen LogP contribution in [0.2, 0.25) is 0 Å². The van der Waals surface area contributed by atoms with E-state index in [0.717, 1.165) is 0 Å². The third-order valence-corrected chi connectivity index (χ3v) is 10.6. The number of hydrogen-bond acceptors (Lipinski definition) is 5. The van der Waals surface area contributed by atoms with E-state index in [1.54, 1.807) is 0 Å². The third kappa shape index (κ3) is 3.01. The number of rotatable bonds is 4. The fraction of sp³-hybridized carbons (Fsp3) is 0.778. The maximum atomic E-state index is 13.9. The molecule has 6 nitrogen and oxygen atoms in total. The number of carboxylic acid groups (broad SMARTS) is 1. The van der Waals surface area contributed by atoms with Crippen molar-refractivity contribution in [3.8, 4) is 0 Å². The van der Waals surface area contributed by atoms with Crippen molar-refractivity contribution in [2.45, 2.75) is 92.6 Å². The van der Waals surface area contributed by atoms with Crippen LogP contribution >= 0.6 is 0 Å². The normalized spacial score (nSPS) is 43.1. The molecule has 0 spiro atoms. The van der Waals surface area contributed by atoms with Gasteiger partial charge in [0, 0.05) is 42.1 Å². The summed E-state index contributed by atoms with van der Waals surface area (Å²) in [6, 6.07) is 0. The van der Waals surface area contributed by atoms with Gasteiger partial charge in [-0.3, -0.25) is 19.2 Å². The molecule has 2 fully saturated rings. The molecule has 4 aliphatic rings. The molecule has 4 rings (SSSR count). The number of aliphatic hydroxyl groups is 1. The minimum absolute atomic E-state index is 0.00786. The van der Waals surface area contributed by atoms with Crippen LogP contribution in [0.15, 0.2) is 11.1 Å². The number of Topliss-reactive ketones (excluding diaryl/α,β-unsaturated/α-hetero) is 3. The lowest BCUT2D eigenvalue weighted by Gasteiger charge is -2.60. The van der Waals surface area contributed by atoms with Gasteiger partial charge in [-0.15, -0.1) is 0 Å². The molecule has 2 saturated carbocycles. The minimum atomic E-state index is -0.961. The number of allylic oxidation sites excluding steroid dienone is 1. The molecule has 4 aliphatic carbocycles. The van der Waals surface area contributed by atoms with Gasteiger partial charge in [-0.05, 0) is 54.9 Å². The first-order chi connectivity index (χ1) is 15.1. The van der Waals surface area contributed by atoms with Gasteiger partial charge in [0.05, 0.1) is 11.5 Å². The molecule has 0 aromatic rings. The summed E-state index contributed by atoms with van der Waals surface area (Å²) < 4.78 is 0. The van der Waals surface area contributed by atoms with E-state index in [1.165, 1.54) is 0 Å². The molecule has 0 bridgehead atoms. The summed E-state index contributed by atoms with van der Waals surface area (Å²) >= 11 is 0. The Kier molecular flexibility index (Phi) is 5.41. The van der Waals surface area contributed by atoms with Crippen molar-refractivity contribution in [2.75, 3.05) is 0 Å². The minimum Gasteiger partial charge on any atom is -0.481 e. The largest absolute Gasteiger partial charge is 0.481 e. The van der Waals surface area contributed by atoms with E-state index < -0.39 is 33.7 Å². The fourth-order valence-corrected chi connectivity index (χ4v) is 8.47. The van der Waals surface area contributed by atoms with Crippen molar-refractivity contribution in [3.63, 3.8) is 0 Å². The molecule has 6 heteroatoms. The number of carbonyl (C=O) groups excluding carboxylic acids is 3. The number of aliphatic carboxylic acids is 1. The molecule has 0 aliphatic heterocycles. The van der Waals surface area contributed by atoms with E-state index >= 15 is 0 Å². The van der Waals surface area contributed by atoms with Crippen LogP contribution in [-0.4, -0.2) is 39.6 Å². The highest BCUT2D eigenvalue weighted by molar-refractivity contribution is 6.05. The van der Waals surface area contributed by atoms with Crippen molar-refractivity contribution >= 4 is 23.3 Å². The number of fused-ring (bicyclic) bond motifs is 4. The zero-order valence-electron chi connectivity index (χ0n) is 20.8. The summed E-state index contributed by atoms with van der Waals surface area (Å²) in [6.07, 6.45) is 1.42. The average molecular weight is 459 g/mol. The first-order valence-electron chi connectivity index (χ1n) is 12.4. The molecular weight excluding hydrogens is 420 g/mol. The Morgan fingerprint density at radius 1 is 1.09 bits per heavy atom. The summed E-state index contributed by atoms with van der Waals surface area (Å²) in [6.45, 7) is 11.8. The van der Waals surface area contributed by atoms with Crippen LogP contribution in [0.1, 0.15) is 86.5 Å². The molecule has 0 radical (unpaired) electrons. The van der Waals surface area contributed by atoms with E-state index in [1.807, 2.05) is 34.6 Å². The standard InChI is InChI=1S/C27H38O6/c1-14(7-8-21(32)33)15-11-20(31)27(6)23-16(28)12-18-24(2,3)19(30)9-10-25(18,4)22(23)17(29)13-26(15,27)5/h14-16,18,28H,7-13H2,1-6H3,(H,32,33). The van der Waals surface area contributed by atoms with Gasteiger partial charge in [-0.25, -0.2) is 0 Å². The van der Waals surface area contributed by atoms with Gasteiger partial charge >= 0.3 is 5.97 Å². The molecule has 33 heavy (non-hydrogen) atoms. The van der Waals surface area contributed by atoms with Gasteiger partial charge in [0.15, 0.2) is 5.78 Å². The zero-order valence-corrected chi connectivity index (χ0v) is 20.8. The molecule has 2 N–H and O–H groups in total. The molecule has 7 atom stereocenters. The first-order valence-corrected chi connectivity index (χ1v) is 12.4. The highest BCUT2D eigenvalue weighted by atomic mass is 16.4. The van der Waals surface area contributed by atoms with Crippen molar-refractivity contribution in [2.24, 2.45) is 39.4 Å².